The fourth-order valence-corrected chi connectivity index (χ4v) is 2.68. The Kier molecular flexibility index (Phi) is 4.65. The molecule has 1 aliphatic rings. The van der Waals surface area contributed by atoms with Crippen molar-refractivity contribution in [3.8, 4) is 17.1 Å². The maximum absolute atomic E-state index is 12.3. The van der Waals surface area contributed by atoms with Crippen LogP contribution in [-0.2, 0) is 11.3 Å². The van der Waals surface area contributed by atoms with E-state index in [0.29, 0.717) is 12.3 Å². The van der Waals surface area contributed by atoms with E-state index in [1.54, 1.807) is 7.11 Å². The second-order valence-electron chi connectivity index (χ2n) is 5.92. The van der Waals surface area contributed by atoms with Crippen LogP contribution in [-0.4, -0.2) is 29.6 Å². The monoisotopic (exact) mass is 314 g/mol. The van der Waals surface area contributed by atoms with Crippen molar-refractivity contribution in [1.29, 1.82) is 0 Å². The van der Waals surface area contributed by atoms with Crippen LogP contribution in [0, 0.1) is 5.92 Å². The predicted molar refractivity (Wildman–Crippen MR) is 86.9 cm³/mol. The van der Waals surface area contributed by atoms with E-state index in [0.717, 1.165) is 42.8 Å². The Hall–Kier alpha value is -2.30. The summed E-state index contributed by atoms with van der Waals surface area (Å²) < 4.78 is 10.8. The topological polar surface area (TPSA) is 55.6 Å². The highest BCUT2D eigenvalue weighted by Crippen LogP contribution is 2.32. The molecular formula is C18H22N2O3. The van der Waals surface area contributed by atoms with Crippen molar-refractivity contribution in [3.05, 3.63) is 36.0 Å². The maximum Gasteiger partial charge on any atom is 0.226 e. The zero-order valence-electron chi connectivity index (χ0n) is 13.6. The summed E-state index contributed by atoms with van der Waals surface area (Å²) in [5.41, 5.74) is 1.64. The Balaban J connectivity index is 1.76. The highest BCUT2D eigenvalue weighted by molar-refractivity contribution is 5.81. The van der Waals surface area contributed by atoms with Gasteiger partial charge >= 0.3 is 0 Å². The molecule has 5 nitrogen and oxygen atoms in total. The van der Waals surface area contributed by atoms with Gasteiger partial charge in [-0.1, -0.05) is 24.2 Å². The van der Waals surface area contributed by atoms with Gasteiger partial charge in [-0.2, -0.15) is 0 Å². The molecule has 0 N–H and O–H groups in total. The second-order valence-corrected chi connectivity index (χ2v) is 5.92. The van der Waals surface area contributed by atoms with Crippen molar-refractivity contribution in [1.82, 2.24) is 10.1 Å². The van der Waals surface area contributed by atoms with Crippen molar-refractivity contribution in [3.63, 3.8) is 0 Å². The van der Waals surface area contributed by atoms with Crippen molar-refractivity contribution in [2.75, 3.05) is 13.7 Å². The molecule has 1 aromatic carbocycles. The van der Waals surface area contributed by atoms with Crippen molar-refractivity contribution >= 4 is 5.91 Å². The fraction of sp³-hybridized carbons (Fsp3) is 0.444. The Morgan fingerprint density at radius 3 is 2.87 bits per heavy atom. The minimum atomic E-state index is 0.224. The normalized spacial score (nSPS) is 13.8. The molecular weight excluding hydrogens is 292 g/mol. The van der Waals surface area contributed by atoms with E-state index in [4.69, 9.17) is 9.26 Å². The van der Waals surface area contributed by atoms with E-state index in [9.17, 15) is 4.79 Å². The van der Waals surface area contributed by atoms with E-state index in [2.05, 4.69) is 12.1 Å². The Bertz CT molecular complexity index is 676. The van der Waals surface area contributed by atoms with E-state index in [-0.39, 0.29) is 11.8 Å². The molecule has 0 atom stereocenters. The van der Waals surface area contributed by atoms with Crippen LogP contribution in [0.4, 0.5) is 0 Å². The summed E-state index contributed by atoms with van der Waals surface area (Å²) in [7, 11) is 1.63. The van der Waals surface area contributed by atoms with Gasteiger partial charge < -0.3 is 14.2 Å². The fourth-order valence-electron chi connectivity index (χ4n) is 2.68. The largest absolute Gasteiger partial charge is 0.496 e. The van der Waals surface area contributed by atoms with Crippen LogP contribution in [0.1, 0.15) is 31.9 Å². The van der Waals surface area contributed by atoms with Crippen LogP contribution < -0.4 is 4.74 Å². The zero-order chi connectivity index (χ0) is 16.2. The molecule has 1 heterocycles. The molecule has 0 radical (unpaired) electrons. The Labute approximate surface area is 136 Å². The lowest BCUT2D eigenvalue weighted by atomic mass is 10.1. The number of hydrogen-bond acceptors (Lipinski definition) is 4. The molecule has 1 fully saturated rings. The van der Waals surface area contributed by atoms with Crippen LogP contribution >= 0.6 is 0 Å². The van der Waals surface area contributed by atoms with Gasteiger partial charge in [-0.25, -0.2) is 0 Å². The lowest BCUT2D eigenvalue weighted by molar-refractivity contribution is -0.133. The van der Waals surface area contributed by atoms with Gasteiger partial charge in [-0.15, -0.1) is 0 Å². The molecule has 0 spiro atoms. The van der Waals surface area contributed by atoms with Crippen LogP contribution in [0.25, 0.3) is 11.3 Å². The number of hydrogen-bond donors (Lipinski definition) is 0. The first-order valence-electron chi connectivity index (χ1n) is 8.10. The SMILES string of the molecule is CCCN(Cc1cc(-c2ccccc2OC)on1)C(=O)C1CC1. The molecule has 0 unspecified atom stereocenters. The summed E-state index contributed by atoms with van der Waals surface area (Å²) in [5.74, 6) is 1.87. The number of carbonyl (C=O) groups excluding carboxylic acids is 1. The van der Waals surface area contributed by atoms with Gasteiger partial charge in [0.2, 0.25) is 5.91 Å². The molecule has 122 valence electrons. The molecule has 3 rings (SSSR count). The lowest BCUT2D eigenvalue weighted by Gasteiger charge is -2.20. The summed E-state index contributed by atoms with van der Waals surface area (Å²) in [6, 6.07) is 9.55. The first kappa shape index (κ1) is 15.6. The number of aromatic nitrogens is 1. The van der Waals surface area contributed by atoms with Gasteiger partial charge in [-0.05, 0) is 31.4 Å². The third kappa shape index (κ3) is 3.55. The molecule has 1 aromatic heterocycles. The number of methoxy groups -OCH3 is 1. The highest BCUT2D eigenvalue weighted by atomic mass is 16.5. The van der Waals surface area contributed by atoms with Gasteiger partial charge in [0.25, 0.3) is 0 Å². The average Bonchev–Trinajstić information content (AvgIpc) is 3.33. The van der Waals surface area contributed by atoms with Crippen molar-refractivity contribution in [2.24, 2.45) is 5.92 Å². The van der Waals surface area contributed by atoms with Gasteiger partial charge in [0, 0.05) is 18.5 Å². The molecule has 23 heavy (non-hydrogen) atoms. The predicted octanol–water partition coefficient (Wildman–Crippen LogP) is 3.50. The molecule has 0 aliphatic heterocycles. The van der Waals surface area contributed by atoms with Gasteiger partial charge in [-0.3, -0.25) is 4.79 Å². The Morgan fingerprint density at radius 2 is 2.17 bits per heavy atom. The quantitative estimate of drug-likeness (QED) is 0.785. The minimum Gasteiger partial charge on any atom is -0.496 e. The lowest BCUT2D eigenvalue weighted by Crippen LogP contribution is -2.32. The van der Waals surface area contributed by atoms with Crippen molar-refractivity contribution in [2.45, 2.75) is 32.7 Å². The number of carbonyl (C=O) groups is 1. The van der Waals surface area contributed by atoms with Gasteiger partial charge in [0.05, 0.1) is 19.2 Å². The number of benzene rings is 1. The molecule has 0 saturated heterocycles. The molecule has 1 amide bonds. The van der Waals surface area contributed by atoms with Crippen LogP contribution in [0.3, 0.4) is 0 Å². The molecule has 1 aliphatic carbocycles. The van der Waals surface area contributed by atoms with E-state index in [1.165, 1.54) is 0 Å². The smallest absolute Gasteiger partial charge is 0.226 e. The number of para-hydroxylation sites is 1. The third-order valence-corrected chi connectivity index (χ3v) is 4.02. The van der Waals surface area contributed by atoms with Crippen LogP contribution in [0.5, 0.6) is 5.75 Å². The van der Waals surface area contributed by atoms with E-state index in [1.807, 2.05) is 35.2 Å². The summed E-state index contributed by atoms with van der Waals surface area (Å²) >= 11 is 0. The van der Waals surface area contributed by atoms with Crippen LogP contribution in [0.2, 0.25) is 0 Å². The standard InChI is InChI=1S/C18H22N2O3/c1-3-10-20(18(21)13-8-9-13)12-14-11-17(23-19-14)15-6-4-5-7-16(15)22-2/h4-7,11,13H,3,8-10,12H2,1-2H3. The van der Waals surface area contributed by atoms with E-state index < -0.39 is 0 Å². The van der Waals surface area contributed by atoms with Gasteiger partial charge in [0.1, 0.15) is 11.4 Å². The first-order chi connectivity index (χ1) is 11.2. The average molecular weight is 314 g/mol. The molecule has 5 heteroatoms. The molecule has 0 bridgehead atoms. The first-order valence-corrected chi connectivity index (χ1v) is 8.10. The second kappa shape index (κ2) is 6.86. The number of nitrogens with zero attached hydrogens (tertiary/aromatic N) is 2. The minimum absolute atomic E-state index is 0.224. The number of amides is 1. The molecule has 2 aromatic rings. The maximum atomic E-state index is 12.3. The summed E-state index contributed by atoms with van der Waals surface area (Å²) in [6.45, 7) is 3.34. The van der Waals surface area contributed by atoms with Crippen LogP contribution in [0.15, 0.2) is 34.9 Å². The third-order valence-electron chi connectivity index (χ3n) is 4.02. The summed E-state index contributed by atoms with van der Waals surface area (Å²) in [4.78, 5) is 14.2. The summed E-state index contributed by atoms with van der Waals surface area (Å²) in [6.07, 6.45) is 2.98. The Morgan fingerprint density at radius 1 is 1.39 bits per heavy atom. The highest BCUT2D eigenvalue weighted by Gasteiger charge is 2.33. The van der Waals surface area contributed by atoms with E-state index >= 15 is 0 Å². The van der Waals surface area contributed by atoms with Gasteiger partial charge in [0.15, 0.2) is 5.76 Å². The zero-order valence-corrected chi connectivity index (χ0v) is 13.6. The van der Waals surface area contributed by atoms with Crippen molar-refractivity contribution < 1.29 is 14.1 Å². The number of ether oxygens (including phenoxy) is 1. The summed E-state index contributed by atoms with van der Waals surface area (Å²) in [5, 5.41) is 4.13. The molecule has 1 saturated carbocycles. The number of rotatable bonds is 7.